The Balaban J connectivity index is 1.62. The summed E-state index contributed by atoms with van der Waals surface area (Å²) in [5, 5.41) is 8.20. The SMILES string of the molecule is Cc1ccc(CNc2nc(Nc3cccc4c3NC(=O)C4)ncc2C(F)(F)F)nc1N(C)S(C)(=O)=O. The number of halogens is 3. The minimum atomic E-state index is -4.73. The Kier molecular flexibility index (Phi) is 6.47. The van der Waals surface area contributed by atoms with Crippen molar-refractivity contribution < 1.29 is 26.4 Å². The van der Waals surface area contributed by atoms with E-state index in [2.05, 4.69) is 30.9 Å². The number of amides is 1. The van der Waals surface area contributed by atoms with Crippen LogP contribution in [0.15, 0.2) is 36.5 Å². The molecule has 2 aromatic heterocycles. The lowest BCUT2D eigenvalue weighted by molar-refractivity contribution is -0.137. The number of pyridine rings is 1. The lowest BCUT2D eigenvalue weighted by Gasteiger charge is -2.19. The molecule has 0 atom stereocenters. The number of fused-ring (bicyclic) bond motifs is 1. The maximum Gasteiger partial charge on any atom is 0.421 e. The van der Waals surface area contributed by atoms with Crippen molar-refractivity contribution in [3.8, 4) is 0 Å². The van der Waals surface area contributed by atoms with Gasteiger partial charge in [0, 0.05) is 13.2 Å². The quantitative estimate of drug-likeness (QED) is 0.431. The Labute approximate surface area is 205 Å². The predicted octanol–water partition coefficient (Wildman–Crippen LogP) is 3.44. The third kappa shape index (κ3) is 5.32. The highest BCUT2D eigenvalue weighted by Crippen LogP contribution is 2.36. The fourth-order valence-corrected chi connectivity index (χ4v) is 4.07. The Morgan fingerprint density at radius 2 is 1.92 bits per heavy atom. The van der Waals surface area contributed by atoms with Crippen LogP contribution < -0.4 is 20.3 Å². The molecule has 3 aromatic rings. The summed E-state index contributed by atoms with van der Waals surface area (Å²) in [6.45, 7) is 1.51. The Bertz CT molecular complexity index is 1450. The molecule has 4 rings (SSSR count). The zero-order valence-corrected chi connectivity index (χ0v) is 20.3. The number of hydrogen-bond donors (Lipinski definition) is 3. The monoisotopic (exact) mass is 521 g/mol. The first-order valence-electron chi connectivity index (χ1n) is 10.6. The van der Waals surface area contributed by atoms with Gasteiger partial charge in [0.05, 0.1) is 36.3 Å². The smallest absolute Gasteiger partial charge is 0.364 e. The molecule has 3 N–H and O–H groups in total. The van der Waals surface area contributed by atoms with Gasteiger partial charge in [-0.1, -0.05) is 18.2 Å². The van der Waals surface area contributed by atoms with Gasteiger partial charge in [-0.2, -0.15) is 18.2 Å². The zero-order chi connectivity index (χ0) is 26.3. The number of sulfonamides is 1. The normalized spacial score (nSPS) is 13.2. The van der Waals surface area contributed by atoms with Crippen molar-refractivity contribution in [1.82, 2.24) is 15.0 Å². The van der Waals surface area contributed by atoms with E-state index < -0.39 is 27.6 Å². The molecule has 0 spiro atoms. The Hall–Kier alpha value is -3.94. The number of nitrogens with one attached hydrogen (secondary N) is 3. The third-order valence-corrected chi connectivity index (χ3v) is 6.64. The molecule has 0 aliphatic carbocycles. The number of aromatic nitrogens is 3. The molecule has 1 amide bonds. The van der Waals surface area contributed by atoms with E-state index >= 15 is 0 Å². The summed E-state index contributed by atoms with van der Waals surface area (Å²) >= 11 is 0. The van der Waals surface area contributed by atoms with Crippen LogP contribution in [0, 0.1) is 6.92 Å². The first-order chi connectivity index (χ1) is 16.8. The van der Waals surface area contributed by atoms with E-state index in [-0.39, 0.29) is 30.6 Å². The molecule has 36 heavy (non-hydrogen) atoms. The third-order valence-electron chi connectivity index (χ3n) is 5.47. The van der Waals surface area contributed by atoms with Crippen molar-refractivity contribution in [2.75, 3.05) is 33.6 Å². The highest BCUT2D eigenvalue weighted by Gasteiger charge is 2.35. The number of benzene rings is 1. The van der Waals surface area contributed by atoms with Gasteiger partial charge in [-0.15, -0.1) is 0 Å². The van der Waals surface area contributed by atoms with Crippen LogP contribution in [0.4, 0.5) is 42.1 Å². The second-order valence-corrected chi connectivity index (χ2v) is 10.2. The van der Waals surface area contributed by atoms with Gasteiger partial charge in [-0.25, -0.2) is 18.4 Å². The first-order valence-corrected chi connectivity index (χ1v) is 12.4. The van der Waals surface area contributed by atoms with Crippen LogP contribution in [0.25, 0.3) is 0 Å². The lowest BCUT2D eigenvalue weighted by atomic mass is 10.1. The standard InChI is InChI=1S/C22H22F3N7O3S/c1-12-7-8-14(28-20(12)32(2)36(3,34)35)10-26-19-15(22(23,24)25)11-27-21(31-19)29-16-6-4-5-13-9-17(33)30-18(13)16/h4-8,11H,9-10H2,1-3H3,(H,30,33)(H2,26,27,29,31). The first kappa shape index (κ1) is 25.2. The van der Waals surface area contributed by atoms with E-state index in [4.69, 9.17) is 0 Å². The van der Waals surface area contributed by atoms with Crippen LogP contribution in [0.5, 0.6) is 0 Å². The molecule has 1 aliphatic heterocycles. The van der Waals surface area contributed by atoms with E-state index in [0.717, 1.165) is 16.1 Å². The van der Waals surface area contributed by atoms with Crippen molar-refractivity contribution in [1.29, 1.82) is 0 Å². The molecule has 1 aromatic carbocycles. The molecule has 0 bridgehead atoms. The summed E-state index contributed by atoms with van der Waals surface area (Å²) in [5.41, 5.74) is 1.51. The second-order valence-electron chi connectivity index (χ2n) is 8.17. The fourth-order valence-electron chi connectivity index (χ4n) is 3.57. The molecule has 14 heteroatoms. The van der Waals surface area contributed by atoms with Crippen LogP contribution in [0.1, 0.15) is 22.4 Å². The molecule has 0 fully saturated rings. The van der Waals surface area contributed by atoms with Gasteiger partial charge in [-0.3, -0.25) is 9.10 Å². The van der Waals surface area contributed by atoms with Crippen molar-refractivity contribution in [3.05, 3.63) is 58.9 Å². The van der Waals surface area contributed by atoms with Crippen LogP contribution in [-0.4, -0.2) is 42.6 Å². The summed E-state index contributed by atoms with van der Waals surface area (Å²) < 4.78 is 65.7. The number of aryl methyl sites for hydroxylation is 1. The van der Waals surface area contributed by atoms with Crippen molar-refractivity contribution in [3.63, 3.8) is 0 Å². The molecule has 190 valence electrons. The van der Waals surface area contributed by atoms with Crippen molar-refractivity contribution in [2.24, 2.45) is 0 Å². The minimum Gasteiger partial charge on any atom is -0.364 e. The maximum absolute atomic E-state index is 13.6. The molecular formula is C22H22F3N7O3S. The largest absolute Gasteiger partial charge is 0.421 e. The van der Waals surface area contributed by atoms with Crippen LogP contribution in [0.2, 0.25) is 0 Å². The highest BCUT2D eigenvalue weighted by molar-refractivity contribution is 7.92. The Morgan fingerprint density at radius 3 is 2.61 bits per heavy atom. The molecule has 3 heterocycles. The number of carbonyl (C=O) groups excluding carboxylic acids is 1. The summed E-state index contributed by atoms with van der Waals surface area (Å²) in [4.78, 5) is 23.8. The average molecular weight is 522 g/mol. The molecule has 0 saturated heterocycles. The van der Waals surface area contributed by atoms with Gasteiger partial charge in [0.1, 0.15) is 17.2 Å². The summed E-state index contributed by atoms with van der Waals surface area (Å²) in [6, 6.07) is 8.32. The topological polar surface area (TPSA) is 129 Å². The van der Waals surface area contributed by atoms with E-state index in [1.807, 2.05) is 0 Å². The number of anilines is 5. The number of nitrogens with zero attached hydrogens (tertiary/aromatic N) is 4. The minimum absolute atomic E-state index is 0.116. The summed E-state index contributed by atoms with van der Waals surface area (Å²) in [7, 11) is -2.24. The number of alkyl halides is 3. The fraction of sp³-hybridized carbons (Fsp3) is 0.273. The highest BCUT2D eigenvalue weighted by atomic mass is 32.2. The lowest BCUT2D eigenvalue weighted by Crippen LogP contribution is -2.27. The molecule has 1 aliphatic rings. The van der Waals surface area contributed by atoms with E-state index in [1.165, 1.54) is 7.05 Å². The maximum atomic E-state index is 13.6. The van der Waals surface area contributed by atoms with Crippen LogP contribution in [-0.2, 0) is 34.0 Å². The van der Waals surface area contributed by atoms with Crippen molar-refractivity contribution in [2.45, 2.75) is 26.1 Å². The van der Waals surface area contributed by atoms with Crippen LogP contribution in [0.3, 0.4) is 0 Å². The number of carbonyl (C=O) groups is 1. The molecule has 0 saturated carbocycles. The van der Waals surface area contributed by atoms with E-state index in [0.29, 0.717) is 28.8 Å². The molecule has 10 nitrogen and oxygen atoms in total. The zero-order valence-electron chi connectivity index (χ0n) is 19.4. The van der Waals surface area contributed by atoms with Crippen LogP contribution >= 0.6 is 0 Å². The van der Waals surface area contributed by atoms with Gasteiger partial charge in [0.15, 0.2) is 0 Å². The van der Waals surface area contributed by atoms with Gasteiger partial charge in [0.2, 0.25) is 21.9 Å². The van der Waals surface area contributed by atoms with Gasteiger partial charge in [0.25, 0.3) is 0 Å². The van der Waals surface area contributed by atoms with Gasteiger partial charge in [-0.05, 0) is 30.2 Å². The van der Waals surface area contributed by atoms with E-state index in [9.17, 15) is 26.4 Å². The molecule has 0 unspecified atom stereocenters. The van der Waals surface area contributed by atoms with Gasteiger partial charge < -0.3 is 16.0 Å². The van der Waals surface area contributed by atoms with E-state index in [1.54, 1.807) is 37.3 Å². The number of hydrogen-bond acceptors (Lipinski definition) is 8. The van der Waals surface area contributed by atoms with Crippen molar-refractivity contribution >= 4 is 44.9 Å². The average Bonchev–Trinajstić information content (AvgIpc) is 3.18. The predicted molar refractivity (Wildman–Crippen MR) is 129 cm³/mol. The summed E-state index contributed by atoms with van der Waals surface area (Å²) in [5.74, 6) is -0.634. The second kappa shape index (κ2) is 9.26. The summed E-state index contributed by atoms with van der Waals surface area (Å²) in [6.07, 6.45) is -2.85. The number of rotatable bonds is 7. The Morgan fingerprint density at radius 1 is 1.17 bits per heavy atom. The number of para-hydroxylation sites is 1. The molecule has 0 radical (unpaired) electrons. The van der Waals surface area contributed by atoms with Gasteiger partial charge >= 0.3 is 6.18 Å². The molecular weight excluding hydrogens is 499 g/mol.